The van der Waals surface area contributed by atoms with Gasteiger partial charge in [-0.1, -0.05) is 12.1 Å². The van der Waals surface area contributed by atoms with Gasteiger partial charge in [-0.05, 0) is 50.6 Å². The van der Waals surface area contributed by atoms with Gasteiger partial charge in [0.05, 0.1) is 11.4 Å². The molecule has 0 aliphatic carbocycles. The summed E-state index contributed by atoms with van der Waals surface area (Å²) in [4.78, 5) is 4.43. The lowest BCUT2D eigenvalue weighted by molar-refractivity contribution is 0.475. The van der Waals surface area contributed by atoms with Crippen LogP contribution in [0.1, 0.15) is 29.9 Å². The van der Waals surface area contributed by atoms with Gasteiger partial charge < -0.3 is 10.4 Å². The molecule has 2 rings (SSSR count). The molecule has 3 nitrogen and oxygen atoms in total. The molecular formula is C15H18N2O. The van der Waals surface area contributed by atoms with Crippen LogP contribution in [0.15, 0.2) is 36.4 Å². The quantitative estimate of drug-likeness (QED) is 0.864. The van der Waals surface area contributed by atoms with Crippen LogP contribution in [-0.2, 0) is 0 Å². The first kappa shape index (κ1) is 12.4. The van der Waals surface area contributed by atoms with Gasteiger partial charge >= 0.3 is 0 Å². The monoisotopic (exact) mass is 242 g/mol. The van der Waals surface area contributed by atoms with Crippen molar-refractivity contribution in [1.29, 1.82) is 0 Å². The van der Waals surface area contributed by atoms with E-state index in [9.17, 15) is 5.11 Å². The van der Waals surface area contributed by atoms with Crippen LogP contribution in [0.5, 0.6) is 5.75 Å². The standard InChI is InChI=1S/C15H18N2O/c1-10-4-9-15(12(3)16-10)17-11(2)13-5-7-14(18)8-6-13/h4-9,11,17-18H,1-3H3. The highest BCUT2D eigenvalue weighted by atomic mass is 16.3. The first-order valence-corrected chi connectivity index (χ1v) is 6.06. The number of nitrogens with one attached hydrogen (secondary N) is 1. The van der Waals surface area contributed by atoms with Crippen molar-refractivity contribution in [3.63, 3.8) is 0 Å². The van der Waals surface area contributed by atoms with Gasteiger partial charge in [0, 0.05) is 11.7 Å². The normalized spacial score (nSPS) is 12.2. The second-order valence-electron chi connectivity index (χ2n) is 4.54. The Kier molecular flexibility index (Phi) is 3.51. The number of hydrogen-bond donors (Lipinski definition) is 2. The molecule has 0 fully saturated rings. The number of phenolic OH excluding ortho intramolecular Hbond substituents is 1. The highest BCUT2D eigenvalue weighted by molar-refractivity contribution is 5.49. The van der Waals surface area contributed by atoms with Gasteiger partial charge in [0.25, 0.3) is 0 Å². The zero-order chi connectivity index (χ0) is 13.1. The summed E-state index contributed by atoms with van der Waals surface area (Å²) in [6, 6.07) is 11.5. The SMILES string of the molecule is Cc1ccc(NC(C)c2ccc(O)cc2)c(C)n1. The third-order valence-corrected chi connectivity index (χ3v) is 2.99. The van der Waals surface area contributed by atoms with Gasteiger partial charge in [-0.25, -0.2) is 0 Å². The fraction of sp³-hybridized carbons (Fsp3) is 0.267. The molecule has 1 atom stereocenters. The summed E-state index contributed by atoms with van der Waals surface area (Å²) in [6.45, 7) is 6.07. The zero-order valence-corrected chi connectivity index (χ0v) is 10.9. The number of phenols is 1. The second kappa shape index (κ2) is 5.08. The third kappa shape index (κ3) is 2.80. The number of pyridine rings is 1. The smallest absolute Gasteiger partial charge is 0.115 e. The van der Waals surface area contributed by atoms with Crippen molar-refractivity contribution in [1.82, 2.24) is 4.98 Å². The van der Waals surface area contributed by atoms with Gasteiger partial charge in [0.2, 0.25) is 0 Å². The van der Waals surface area contributed by atoms with Crippen molar-refractivity contribution in [3.05, 3.63) is 53.3 Å². The number of aromatic hydroxyl groups is 1. The lowest BCUT2D eigenvalue weighted by atomic mass is 10.1. The average molecular weight is 242 g/mol. The minimum absolute atomic E-state index is 0.175. The largest absolute Gasteiger partial charge is 0.508 e. The molecule has 1 aromatic heterocycles. The Balaban J connectivity index is 2.15. The van der Waals surface area contributed by atoms with E-state index >= 15 is 0 Å². The summed E-state index contributed by atoms with van der Waals surface area (Å²) in [5, 5.41) is 12.7. The molecule has 94 valence electrons. The van der Waals surface area contributed by atoms with E-state index in [1.54, 1.807) is 12.1 Å². The summed E-state index contributed by atoms with van der Waals surface area (Å²) in [6.07, 6.45) is 0. The van der Waals surface area contributed by atoms with Crippen molar-refractivity contribution in [3.8, 4) is 5.75 Å². The summed E-state index contributed by atoms with van der Waals surface area (Å²) < 4.78 is 0. The van der Waals surface area contributed by atoms with E-state index in [-0.39, 0.29) is 6.04 Å². The van der Waals surface area contributed by atoms with Gasteiger partial charge in [-0.15, -0.1) is 0 Å². The fourth-order valence-electron chi connectivity index (χ4n) is 1.92. The molecule has 0 radical (unpaired) electrons. The highest BCUT2D eigenvalue weighted by Gasteiger charge is 2.07. The maximum Gasteiger partial charge on any atom is 0.115 e. The van der Waals surface area contributed by atoms with Crippen LogP contribution >= 0.6 is 0 Å². The van der Waals surface area contributed by atoms with Gasteiger partial charge in [0.1, 0.15) is 5.75 Å². The Bertz CT molecular complexity index is 535. The predicted molar refractivity (Wildman–Crippen MR) is 73.9 cm³/mol. The van der Waals surface area contributed by atoms with Crippen LogP contribution in [0.4, 0.5) is 5.69 Å². The third-order valence-electron chi connectivity index (χ3n) is 2.99. The lowest BCUT2D eigenvalue weighted by Gasteiger charge is -2.17. The molecule has 1 unspecified atom stereocenters. The lowest BCUT2D eigenvalue weighted by Crippen LogP contribution is -2.08. The minimum Gasteiger partial charge on any atom is -0.508 e. The van der Waals surface area contributed by atoms with Crippen molar-refractivity contribution >= 4 is 5.69 Å². The summed E-state index contributed by atoms with van der Waals surface area (Å²) in [5.41, 5.74) is 4.20. The van der Waals surface area contributed by atoms with Gasteiger partial charge in [-0.3, -0.25) is 4.98 Å². The molecule has 3 heteroatoms. The molecule has 0 aliphatic heterocycles. The van der Waals surface area contributed by atoms with Gasteiger partial charge in [-0.2, -0.15) is 0 Å². The number of benzene rings is 1. The maximum atomic E-state index is 9.27. The molecule has 1 heterocycles. The van der Waals surface area contributed by atoms with Gasteiger partial charge in [0.15, 0.2) is 0 Å². The number of anilines is 1. The molecule has 1 aromatic carbocycles. The molecule has 2 N–H and O–H groups in total. The number of hydrogen-bond acceptors (Lipinski definition) is 3. The van der Waals surface area contributed by atoms with Crippen molar-refractivity contribution in [2.45, 2.75) is 26.8 Å². The van der Waals surface area contributed by atoms with E-state index in [0.29, 0.717) is 5.75 Å². The molecule has 0 saturated carbocycles. The zero-order valence-electron chi connectivity index (χ0n) is 10.9. The number of aromatic nitrogens is 1. The Hall–Kier alpha value is -2.03. The fourth-order valence-corrected chi connectivity index (χ4v) is 1.92. The molecule has 0 aliphatic rings. The summed E-state index contributed by atoms with van der Waals surface area (Å²) >= 11 is 0. The van der Waals surface area contributed by atoms with E-state index in [4.69, 9.17) is 0 Å². The molecule has 0 spiro atoms. The Labute approximate surface area is 108 Å². The molecule has 2 aromatic rings. The molecule has 0 amide bonds. The molecule has 0 saturated heterocycles. The Morgan fingerprint density at radius 1 is 1.06 bits per heavy atom. The summed E-state index contributed by atoms with van der Waals surface area (Å²) in [5.74, 6) is 0.291. The van der Waals surface area contributed by atoms with E-state index in [2.05, 4.69) is 23.3 Å². The molecule has 0 bridgehead atoms. The minimum atomic E-state index is 0.175. The number of rotatable bonds is 3. The van der Waals surface area contributed by atoms with Crippen LogP contribution < -0.4 is 5.32 Å². The first-order chi connectivity index (χ1) is 8.56. The predicted octanol–water partition coefficient (Wildman–Crippen LogP) is 3.58. The molecule has 18 heavy (non-hydrogen) atoms. The number of nitrogens with zero attached hydrogens (tertiary/aromatic N) is 1. The van der Waals surface area contributed by atoms with Crippen molar-refractivity contribution in [2.24, 2.45) is 0 Å². The molecular weight excluding hydrogens is 224 g/mol. The van der Waals surface area contributed by atoms with E-state index in [1.807, 2.05) is 32.0 Å². The van der Waals surface area contributed by atoms with Crippen LogP contribution in [0.2, 0.25) is 0 Å². The van der Waals surface area contributed by atoms with Crippen molar-refractivity contribution < 1.29 is 5.11 Å². The second-order valence-corrected chi connectivity index (χ2v) is 4.54. The maximum absolute atomic E-state index is 9.27. The topological polar surface area (TPSA) is 45.1 Å². The van der Waals surface area contributed by atoms with Crippen LogP contribution in [0.3, 0.4) is 0 Å². The Morgan fingerprint density at radius 3 is 2.33 bits per heavy atom. The van der Waals surface area contributed by atoms with Crippen molar-refractivity contribution in [2.75, 3.05) is 5.32 Å². The van der Waals surface area contributed by atoms with E-state index in [1.165, 1.54) is 0 Å². The summed E-state index contributed by atoms with van der Waals surface area (Å²) in [7, 11) is 0. The van der Waals surface area contributed by atoms with E-state index < -0.39 is 0 Å². The first-order valence-electron chi connectivity index (χ1n) is 6.06. The average Bonchev–Trinajstić information content (AvgIpc) is 2.33. The van der Waals surface area contributed by atoms with E-state index in [0.717, 1.165) is 22.6 Å². The highest BCUT2D eigenvalue weighted by Crippen LogP contribution is 2.22. The van der Waals surface area contributed by atoms with Crippen LogP contribution in [-0.4, -0.2) is 10.1 Å². The number of aryl methyl sites for hydroxylation is 2. The van der Waals surface area contributed by atoms with Crippen LogP contribution in [0.25, 0.3) is 0 Å². The van der Waals surface area contributed by atoms with Crippen LogP contribution in [0, 0.1) is 13.8 Å². The Morgan fingerprint density at radius 2 is 1.72 bits per heavy atom.